The highest BCUT2D eigenvalue weighted by molar-refractivity contribution is 7.14. The second kappa shape index (κ2) is 9.52. The van der Waals surface area contributed by atoms with Crippen LogP contribution < -0.4 is 16.0 Å². The first-order valence-electron chi connectivity index (χ1n) is 9.31. The fraction of sp³-hybridized carbons (Fsp3) is 0.444. The van der Waals surface area contributed by atoms with Gasteiger partial charge in [0.2, 0.25) is 5.91 Å². The number of amides is 4. The molecule has 4 amide bonds. The highest BCUT2D eigenvalue weighted by Gasteiger charge is 2.18. The Bertz CT molecular complexity index is 887. The van der Waals surface area contributed by atoms with E-state index in [4.69, 9.17) is 4.74 Å². The third-order valence-corrected chi connectivity index (χ3v) is 5.33. The van der Waals surface area contributed by atoms with Gasteiger partial charge in [0.15, 0.2) is 0 Å². The molecule has 1 fully saturated rings. The van der Waals surface area contributed by atoms with Gasteiger partial charge in [-0.2, -0.15) is 5.10 Å². The summed E-state index contributed by atoms with van der Waals surface area (Å²) < 4.78 is 6.72. The molecular weight excluding hydrogens is 396 g/mol. The van der Waals surface area contributed by atoms with Crippen LogP contribution in [0.3, 0.4) is 0 Å². The van der Waals surface area contributed by atoms with E-state index < -0.39 is 6.03 Å². The number of hydrogen-bond donors (Lipinski definition) is 3. The maximum Gasteiger partial charge on any atom is 0.323 e. The summed E-state index contributed by atoms with van der Waals surface area (Å²) >= 11 is 1.31. The lowest BCUT2D eigenvalue weighted by atomic mass is 10.3. The van der Waals surface area contributed by atoms with E-state index in [1.807, 2.05) is 13.8 Å². The van der Waals surface area contributed by atoms with Crippen molar-refractivity contribution in [1.82, 2.24) is 20.0 Å². The minimum absolute atomic E-state index is 0.0424. The molecule has 0 aliphatic carbocycles. The molecule has 2 aromatic heterocycles. The van der Waals surface area contributed by atoms with Gasteiger partial charge in [-0.25, -0.2) is 4.79 Å². The van der Waals surface area contributed by atoms with E-state index in [2.05, 4.69) is 21.0 Å². The summed E-state index contributed by atoms with van der Waals surface area (Å²) in [6.45, 7) is 6.55. The van der Waals surface area contributed by atoms with Gasteiger partial charge < -0.3 is 25.6 Å². The molecule has 29 heavy (non-hydrogen) atoms. The number of morpholine rings is 1. The van der Waals surface area contributed by atoms with Gasteiger partial charge in [0.05, 0.1) is 35.7 Å². The lowest BCUT2D eigenvalue weighted by Crippen LogP contribution is -2.42. The molecule has 156 valence electrons. The molecule has 1 aliphatic heterocycles. The normalized spacial score (nSPS) is 13.8. The standard InChI is InChI=1S/C18H24N6O4S/c1-3-19-17(26)15-8-14(12(2)29-15)22-18(27)21-13-9-20-24(10-13)11-16(25)23-4-6-28-7-5-23/h8-10H,3-7,11H2,1-2H3,(H,19,26)(H2,21,22,27). The maximum absolute atomic E-state index is 12.3. The van der Waals surface area contributed by atoms with E-state index in [1.165, 1.54) is 22.2 Å². The van der Waals surface area contributed by atoms with Gasteiger partial charge in [-0.15, -0.1) is 11.3 Å². The number of aryl methyl sites for hydroxylation is 1. The molecule has 3 N–H and O–H groups in total. The molecule has 0 atom stereocenters. The molecule has 0 unspecified atom stereocenters. The molecule has 0 saturated carbocycles. The van der Waals surface area contributed by atoms with Gasteiger partial charge in [-0.1, -0.05) is 0 Å². The number of carbonyl (C=O) groups excluding carboxylic acids is 3. The van der Waals surface area contributed by atoms with Crippen LogP contribution in [0.5, 0.6) is 0 Å². The lowest BCUT2D eigenvalue weighted by Gasteiger charge is -2.26. The van der Waals surface area contributed by atoms with Crippen LogP contribution in [0.15, 0.2) is 18.5 Å². The summed E-state index contributed by atoms with van der Waals surface area (Å²) in [6.07, 6.45) is 3.07. The minimum Gasteiger partial charge on any atom is -0.378 e. The van der Waals surface area contributed by atoms with Crippen LogP contribution >= 0.6 is 11.3 Å². The van der Waals surface area contributed by atoms with Crippen molar-refractivity contribution in [3.8, 4) is 0 Å². The van der Waals surface area contributed by atoms with Crippen LogP contribution in [0.2, 0.25) is 0 Å². The van der Waals surface area contributed by atoms with Gasteiger partial charge >= 0.3 is 6.03 Å². The molecule has 0 spiro atoms. The van der Waals surface area contributed by atoms with Crippen molar-refractivity contribution in [1.29, 1.82) is 0 Å². The topological polar surface area (TPSA) is 118 Å². The Morgan fingerprint density at radius 3 is 2.72 bits per heavy atom. The summed E-state index contributed by atoms with van der Waals surface area (Å²) in [5.41, 5.74) is 1.04. The molecule has 0 aromatic carbocycles. The van der Waals surface area contributed by atoms with Gasteiger partial charge in [0.1, 0.15) is 6.54 Å². The van der Waals surface area contributed by atoms with Gasteiger partial charge in [0, 0.05) is 30.7 Å². The average Bonchev–Trinajstić information content (AvgIpc) is 3.29. The fourth-order valence-electron chi connectivity index (χ4n) is 2.82. The Morgan fingerprint density at radius 2 is 2.00 bits per heavy atom. The molecule has 11 heteroatoms. The zero-order valence-corrected chi connectivity index (χ0v) is 17.2. The van der Waals surface area contributed by atoms with Crippen molar-refractivity contribution in [3.63, 3.8) is 0 Å². The molecule has 3 rings (SSSR count). The Labute approximate surface area is 172 Å². The maximum atomic E-state index is 12.3. The predicted octanol–water partition coefficient (Wildman–Crippen LogP) is 1.51. The van der Waals surface area contributed by atoms with Crippen LogP contribution in [0.4, 0.5) is 16.2 Å². The van der Waals surface area contributed by atoms with Crippen molar-refractivity contribution in [2.24, 2.45) is 0 Å². The summed E-state index contributed by atoms with van der Waals surface area (Å²) in [5, 5.41) is 12.3. The van der Waals surface area contributed by atoms with E-state index in [9.17, 15) is 14.4 Å². The molecule has 1 aliphatic rings. The number of anilines is 2. The van der Waals surface area contributed by atoms with Crippen molar-refractivity contribution in [2.45, 2.75) is 20.4 Å². The van der Waals surface area contributed by atoms with Crippen LogP contribution in [-0.2, 0) is 16.1 Å². The zero-order chi connectivity index (χ0) is 20.8. The van der Waals surface area contributed by atoms with Gasteiger partial charge in [-0.3, -0.25) is 14.3 Å². The number of ether oxygens (including phenoxy) is 1. The van der Waals surface area contributed by atoms with Crippen molar-refractivity contribution in [3.05, 3.63) is 28.2 Å². The Balaban J connectivity index is 1.54. The Hall–Kier alpha value is -2.92. The van der Waals surface area contributed by atoms with Crippen molar-refractivity contribution < 1.29 is 19.1 Å². The molecule has 10 nitrogen and oxygen atoms in total. The van der Waals surface area contributed by atoms with E-state index >= 15 is 0 Å². The van der Waals surface area contributed by atoms with Gasteiger partial charge in [-0.05, 0) is 19.9 Å². The quantitative estimate of drug-likeness (QED) is 0.655. The minimum atomic E-state index is -0.451. The van der Waals surface area contributed by atoms with Crippen LogP contribution in [0.1, 0.15) is 21.5 Å². The molecule has 2 aromatic rings. The predicted molar refractivity (Wildman–Crippen MR) is 109 cm³/mol. The summed E-state index contributed by atoms with van der Waals surface area (Å²) in [7, 11) is 0. The van der Waals surface area contributed by atoms with Crippen LogP contribution in [-0.4, -0.2) is 65.4 Å². The molecule has 1 saturated heterocycles. The molecular formula is C18H24N6O4S. The van der Waals surface area contributed by atoms with E-state index in [-0.39, 0.29) is 18.4 Å². The Kier molecular flexibility index (Phi) is 6.83. The summed E-state index contributed by atoms with van der Waals surface area (Å²) in [6, 6.07) is 1.20. The number of aromatic nitrogens is 2. The third kappa shape index (κ3) is 5.55. The van der Waals surface area contributed by atoms with Crippen molar-refractivity contribution >= 4 is 40.6 Å². The van der Waals surface area contributed by atoms with E-state index in [1.54, 1.807) is 17.2 Å². The van der Waals surface area contributed by atoms with Crippen molar-refractivity contribution in [2.75, 3.05) is 43.5 Å². The molecule has 0 bridgehead atoms. The number of hydrogen-bond acceptors (Lipinski definition) is 6. The van der Waals surface area contributed by atoms with E-state index in [0.29, 0.717) is 49.1 Å². The number of thiophene rings is 1. The highest BCUT2D eigenvalue weighted by Crippen LogP contribution is 2.26. The van der Waals surface area contributed by atoms with Crippen LogP contribution in [0.25, 0.3) is 0 Å². The number of nitrogens with one attached hydrogen (secondary N) is 3. The summed E-state index contributed by atoms with van der Waals surface area (Å²) in [5.74, 6) is -0.209. The number of urea groups is 1. The Morgan fingerprint density at radius 1 is 1.24 bits per heavy atom. The van der Waals surface area contributed by atoms with E-state index in [0.717, 1.165) is 4.88 Å². The second-order valence-electron chi connectivity index (χ2n) is 6.44. The highest BCUT2D eigenvalue weighted by atomic mass is 32.1. The third-order valence-electron chi connectivity index (χ3n) is 4.28. The first-order valence-corrected chi connectivity index (χ1v) is 10.1. The number of rotatable bonds is 6. The lowest BCUT2D eigenvalue weighted by molar-refractivity contribution is -0.136. The number of nitrogens with zero attached hydrogens (tertiary/aromatic N) is 3. The first kappa shape index (κ1) is 20.8. The first-order chi connectivity index (χ1) is 14.0. The fourth-order valence-corrected chi connectivity index (χ4v) is 3.71. The SMILES string of the molecule is CCNC(=O)c1cc(NC(=O)Nc2cnn(CC(=O)N3CCOCC3)c2)c(C)s1. The smallest absolute Gasteiger partial charge is 0.323 e. The summed E-state index contributed by atoms with van der Waals surface area (Å²) in [4.78, 5) is 39.5. The van der Waals surface area contributed by atoms with Gasteiger partial charge in [0.25, 0.3) is 5.91 Å². The largest absolute Gasteiger partial charge is 0.378 e. The molecule has 3 heterocycles. The average molecular weight is 420 g/mol. The monoisotopic (exact) mass is 420 g/mol. The zero-order valence-electron chi connectivity index (χ0n) is 16.4. The molecule has 0 radical (unpaired) electrons. The second-order valence-corrected chi connectivity index (χ2v) is 7.70. The van der Waals surface area contributed by atoms with Crippen LogP contribution in [0, 0.1) is 6.92 Å². The number of carbonyl (C=O) groups is 3.